The van der Waals surface area contributed by atoms with Crippen LogP contribution in [0.4, 0.5) is 0 Å². The first kappa shape index (κ1) is 22.9. The van der Waals surface area contributed by atoms with E-state index in [4.69, 9.17) is 22.1 Å². The van der Waals surface area contributed by atoms with Crippen LogP contribution in [0.5, 0.6) is 5.88 Å². The van der Waals surface area contributed by atoms with Gasteiger partial charge in [-0.15, -0.1) is 11.3 Å². The van der Waals surface area contributed by atoms with E-state index in [0.717, 1.165) is 54.9 Å². The fourth-order valence-electron chi connectivity index (χ4n) is 4.28. The Labute approximate surface area is 206 Å². The Bertz CT molecular complexity index is 1210. The van der Waals surface area contributed by atoms with Gasteiger partial charge in [0.1, 0.15) is 11.1 Å². The summed E-state index contributed by atoms with van der Waals surface area (Å²) in [5.74, 6) is 0.192. The lowest BCUT2D eigenvalue weighted by Crippen LogP contribution is -2.40. The van der Waals surface area contributed by atoms with Gasteiger partial charge in [0.25, 0.3) is 11.8 Å². The second kappa shape index (κ2) is 9.38. The summed E-state index contributed by atoms with van der Waals surface area (Å²) in [6.45, 7) is 1.88. The Hall–Kier alpha value is -2.91. The first-order valence-corrected chi connectivity index (χ1v) is 12.7. The number of aromatic nitrogens is 3. The number of benzene rings is 1. The number of carbonyl (C=O) groups is 2. The molecule has 34 heavy (non-hydrogen) atoms. The fourth-order valence-corrected chi connectivity index (χ4v) is 5.43. The van der Waals surface area contributed by atoms with Gasteiger partial charge in [-0.25, -0.2) is 9.67 Å². The summed E-state index contributed by atoms with van der Waals surface area (Å²) in [5.41, 5.74) is 7.70. The number of amides is 2. The minimum atomic E-state index is -0.491. The van der Waals surface area contributed by atoms with Crippen molar-refractivity contribution in [2.24, 2.45) is 5.73 Å². The molecule has 10 heteroatoms. The molecule has 1 aromatic carbocycles. The zero-order valence-corrected chi connectivity index (χ0v) is 20.4. The Morgan fingerprint density at radius 1 is 1.15 bits per heavy atom. The highest BCUT2D eigenvalue weighted by atomic mass is 35.5. The molecule has 0 radical (unpaired) electrons. The van der Waals surface area contributed by atoms with Crippen molar-refractivity contribution in [3.63, 3.8) is 0 Å². The Kier molecular flexibility index (Phi) is 6.31. The molecule has 2 aromatic heterocycles. The molecule has 0 aliphatic heterocycles. The summed E-state index contributed by atoms with van der Waals surface area (Å²) in [4.78, 5) is 29.7. The number of halogens is 1. The van der Waals surface area contributed by atoms with Crippen molar-refractivity contribution < 1.29 is 14.3 Å². The molecule has 0 bridgehead atoms. The number of carbonyl (C=O) groups excluding carboxylic acids is 2. The van der Waals surface area contributed by atoms with Crippen molar-refractivity contribution in [1.82, 2.24) is 20.1 Å². The van der Waals surface area contributed by atoms with E-state index < -0.39 is 5.91 Å². The van der Waals surface area contributed by atoms with Gasteiger partial charge < -0.3 is 15.8 Å². The predicted molar refractivity (Wildman–Crippen MR) is 130 cm³/mol. The number of rotatable bonds is 7. The van der Waals surface area contributed by atoms with Gasteiger partial charge in [0.2, 0.25) is 5.88 Å². The quantitative estimate of drug-likeness (QED) is 0.500. The number of nitrogens with one attached hydrogen (secondary N) is 1. The number of nitrogens with two attached hydrogens (primary N) is 1. The fraction of sp³-hybridized carbons (Fsp3) is 0.417. The maximum Gasteiger partial charge on any atom is 0.264 e. The standard InChI is InChI=1S/C24H26ClN5O3S/c1-13-19(12-27-30(13)17-8-4-15(25)5-9-17)22(32)28-16-6-10-18(11-7-16)33-23-20(21(26)31)34-24(29-23)14-2-3-14/h4-5,8-9,12,14,16,18H,2-3,6-7,10-11H2,1H3,(H2,26,31)(H,28,32)/t16-,18-. The largest absolute Gasteiger partial charge is 0.473 e. The van der Waals surface area contributed by atoms with E-state index in [9.17, 15) is 9.59 Å². The predicted octanol–water partition coefficient (Wildman–Crippen LogP) is 4.39. The van der Waals surface area contributed by atoms with E-state index in [-0.39, 0.29) is 18.1 Å². The zero-order valence-electron chi connectivity index (χ0n) is 18.8. The third-order valence-electron chi connectivity index (χ3n) is 6.38. The summed E-state index contributed by atoms with van der Waals surface area (Å²) >= 11 is 7.32. The van der Waals surface area contributed by atoms with Crippen LogP contribution < -0.4 is 15.8 Å². The van der Waals surface area contributed by atoms with Crippen LogP contribution in [-0.2, 0) is 0 Å². The Morgan fingerprint density at radius 2 is 1.85 bits per heavy atom. The van der Waals surface area contributed by atoms with Gasteiger partial charge in [-0.05, 0) is 69.7 Å². The summed E-state index contributed by atoms with van der Waals surface area (Å²) < 4.78 is 7.82. The summed E-state index contributed by atoms with van der Waals surface area (Å²) in [7, 11) is 0. The van der Waals surface area contributed by atoms with E-state index in [1.165, 1.54) is 11.3 Å². The van der Waals surface area contributed by atoms with Crippen LogP contribution in [0.15, 0.2) is 30.5 Å². The highest BCUT2D eigenvalue weighted by Crippen LogP contribution is 2.44. The average Bonchev–Trinajstić information content (AvgIpc) is 3.47. The molecule has 0 spiro atoms. The van der Waals surface area contributed by atoms with Gasteiger partial charge in [-0.2, -0.15) is 5.10 Å². The summed E-state index contributed by atoms with van der Waals surface area (Å²) in [6, 6.07) is 7.38. The number of hydrogen-bond donors (Lipinski definition) is 2. The van der Waals surface area contributed by atoms with Gasteiger partial charge in [-0.1, -0.05) is 11.6 Å². The number of nitrogens with zero attached hydrogens (tertiary/aromatic N) is 3. The summed E-state index contributed by atoms with van der Waals surface area (Å²) in [5, 5.41) is 9.11. The van der Waals surface area contributed by atoms with Crippen molar-refractivity contribution in [1.29, 1.82) is 0 Å². The van der Waals surface area contributed by atoms with E-state index in [0.29, 0.717) is 27.3 Å². The topological polar surface area (TPSA) is 112 Å². The second-order valence-corrected chi connectivity index (χ2v) is 10.4. The third kappa shape index (κ3) is 4.81. The minimum Gasteiger partial charge on any atom is -0.473 e. The monoisotopic (exact) mass is 499 g/mol. The Morgan fingerprint density at radius 3 is 2.50 bits per heavy atom. The molecule has 3 aromatic rings. The molecule has 178 valence electrons. The molecule has 2 amide bonds. The average molecular weight is 500 g/mol. The smallest absolute Gasteiger partial charge is 0.264 e. The molecule has 8 nitrogen and oxygen atoms in total. The number of primary amides is 1. The minimum absolute atomic E-state index is 0.0465. The maximum absolute atomic E-state index is 12.9. The molecule has 2 fully saturated rings. The molecule has 0 saturated heterocycles. The van der Waals surface area contributed by atoms with Crippen molar-refractivity contribution >= 4 is 34.8 Å². The lowest BCUT2D eigenvalue weighted by molar-refractivity contribution is 0.0882. The molecule has 0 atom stereocenters. The Balaban J connectivity index is 1.17. The van der Waals surface area contributed by atoms with Crippen LogP contribution in [0, 0.1) is 6.92 Å². The molecule has 5 rings (SSSR count). The van der Waals surface area contributed by atoms with E-state index >= 15 is 0 Å². The van der Waals surface area contributed by atoms with Gasteiger partial charge in [0.15, 0.2) is 4.88 Å². The van der Waals surface area contributed by atoms with Crippen LogP contribution in [-0.4, -0.2) is 38.7 Å². The van der Waals surface area contributed by atoms with Crippen molar-refractivity contribution in [3.8, 4) is 11.6 Å². The van der Waals surface area contributed by atoms with Crippen LogP contribution in [0.25, 0.3) is 5.69 Å². The van der Waals surface area contributed by atoms with Crippen molar-refractivity contribution in [2.45, 2.75) is 63.5 Å². The lowest BCUT2D eigenvalue weighted by atomic mass is 9.92. The lowest BCUT2D eigenvalue weighted by Gasteiger charge is -2.29. The van der Waals surface area contributed by atoms with Crippen LogP contribution >= 0.6 is 22.9 Å². The molecule has 2 aliphatic carbocycles. The van der Waals surface area contributed by atoms with Crippen LogP contribution in [0.3, 0.4) is 0 Å². The molecule has 2 heterocycles. The molecule has 3 N–H and O–H groups in total. The molecular formula is C24H26ClN5O3S. The highest BCUT2D eigenvalue weighted by molar-refractivity contribution is 7.14. The SMILES string of the molecule is Cc1c(C(=O)N[C@H]2CC[C@H](Oc3nc(C4CC4)sc3C(N)=O)CC2)cnn1-c1ccc(Cl)cc1. The van der Waals surface area contributed by atoms with E-state index in [2.05, 4.69) is 15.4 Å². The zero-order chi connectivity index (χ0) is 23.8. The first-order chi connectivity index (χ1) is 16.4. The van der Waals surface area contributed by atoms with Crippen molar-refractivity contribution in [3.05, 3.63) is 56.6 Å². The number of ether oxygens (including phenoxy) is 1. The molecular weight excluding hydrogens is 474 g/mol. The number of hydrogen-bond acceptors (Lipinski definition) is 6. The van der Waals surface area contributed by atoms with E-state index in [1.807, 2.05) is 19.1 Å². The maximum atomic E-state index is 12.9. The summed E-state index contributed by atoms with van der Waals surface area (Å²) in [6.07, 6.45) is 6.86. The van der Waals surface area contributed by atoms with E-state index in [1.54, 1.807) is 23.0 Å². The third-order valence-corrected chi connectivity index (χ3v) is 7.84. The van der Waals surface area contributed by atoms with Crippen LogP contribution in [0.1, 0.15) is 75.2 Å². The van der Waals surface area contributed by atoms with Gasteiger partial charge in [0.05, 0.1) is 23.1 Å². The van der Waals surface area contributed by atoms with Crippen LogP contribution in [0.2, 0.25) is 5.02 Å². The second-order valence-electron chi connectivity index (χ2n) is 8.92. The first-order valence-electron chi connectivity index (χ1n) is 11.5. The number of thiazole rings is 1. The molecule has 2 aliphatic rings. The highest BCUT2D eigenvalue weighted by Gasteiger charge is 2.32. The van der Waals surface area contributed by atoms with Gasteiger partial charge in [0, 0.05) is 17.0 Å². The van der Waals surface area contributed by atoms with Gasteiger partial charge >= 0.3 is 0 Å². The van der Waals surface area contributed by atoms with Crippen molar-refractivity contribution in [2.75, 3.05) is 0 Å². The van der Waals surface area contributed by atoms with Gasteiger partial charge in [-0.3, -0.25) is 9.59 Å². The molecule has 2 saturated carbocycles. The normalized spacial score (nSPS) is 20.2. The molecule has 0 unspecified atom stereocenters.